The highest BCUT2D eigenvalue weighted by Crippen LogP contribution is 2.46. The van der Waals surface area contributed by atoms with Crippen LogP contribution in [0.2, 0.25) is 5.02 Å². The molecule has 2 aromatic carbocycles. The van der Waals surface area contributed by atoms with Gasteiger partial charge in [-0.2, -0.15) is 0 Å². The third kappa shape index (κ3) is 3.70. The molecule has 2 unspecified atom stereocenters. The van der Waals surface area contributed by atoms with E-state index >= 15 is 0 Å². The van der Waals surface area contributed by atoms with Gasteiger partial charge < -0.3 is 19.5 Å². The lowest BCUT2D eigenvalue weighted by Gasteiger charge is -2.29. The quantitative estimate of drug-likeness (QED) is 0.814. The van der Waals surface area contributed by atoms with Crippen LogP contribution in [0.25, 0.3) is 0 Å². The number of carboxylic acid groups (broad SMARTS) is 1. The van der Waals surface area contributed by atoms with Crippen LogP contribution >= 0.6 is 23.4 Å². The second-order valence-electron chi connectivity index (χ2n) is 5.84. The minimum Gasteiger partial charge on any atom is -0.497 e. The molecule has 6 nitrogen and oxygen atoms in total. The lowest BCUT2D eigenvalue weighted by molar-refractivity contribution is -0.141. The Labute approximate surface area is 166 Å². The van der Waals surface area contributed by atoms with Crippen molar-refractivity contribution in [2.45, 2.75) is 11.4 Å². The van der Waals surface area contributed by atoms with Gasteiger partial charge in [0.25, 0.3) is 5.91 Å². The lowest BCUT2D eigenvalue weighted by atomic mass is 10.1. The third-order valence-corrected chi connectivity index (χ3v) is 5.96. The third-order valence-electron chi connectivity index (χ3n) is 4.33. The number of rotatable bonds is 5. The highest BCUT2D eigenvalue weighted by molar-refractivity contribution is 7.99. The Morgan fingerprint density at radius 2 is 1.93 bits per heavy atom. The highest BCUT2D eigenvalue weighted by Gasteiger charge is 2.44. The fourth-order valence-electron chi connectivity index (χ4n) is 2.99. The Balaban J connectivity index is 2.08. The van der Waals surface area contributed by atoms with E-state index in [0.29, 0.717) is 17.1 Å². The molecule has 8 heteroatoms. The molecule has 0 aliphatic carbocycles. The molecule has 0 bridgehead atoms. The summed E-state index contributed by atoms with van der Waals surface area (Å²) in [6, 6.07) is 10.9. The van der Waals surface area contributed by atoms with Crippen molar-refractivity contribution in [1.29, 1.82) is 0 Å². The molecule has 0 radical (unpaired) electrons. The van der Waals surface area contributed by atoms with Gasteiger partial charge in [-0.15, -0.1) is 11.8 Å². The van der Waals surface area contributed by atoms with E-state index in [9.17, 15) is 14.7 Å². The summed E-state index contributed by atoms with van der Waals surface area (Å²) in [5.41, 5.74) is 0.936. The first-order chi connectivity index (χ1) is 13.0. The van der Waals surface area contributed by atoms with Crippen molar-refractivity contribution in [3.63, 3.8) is 0 Å². The van der Waals surface area contributed by atoms with Crippen molar-refractivity contribution in [2.75, 3.05) is 20.0 Å². The van der Waals surface area contributed by atoms with Crippen LogP contribution in [-0.2, 0) is 4.79 Å². The van der Waals surface area contributed by atoms with E-state index in [1.54, 1.807) is 49.6 Å². The molecule has 2 atom stereocenters. The summed E-state index contributed by atoms with van der Waals surface area (Å²) < 4.78 is 10.7. The summed E-state index contributed by atoms with van der Waals surface area (Å²) in [5, 5.41) is 9.38. The summed E-state index contributed by atoms with van der Waals surface area (Å²) in [4.78, 5) is 26.4. The Bertz CT molecular complexity index is 875. The fraction of sp³-hybridized carbons (Fsp3) is 0.263. The summed E-state index contributed by atoms with van der Waals surface area (Å²) in [7, 11) is 3.07. The largest absolute Gasteiger partial charge is 0.497 e. The predicted octanol–water partition coefficient (Wildman–Crippen LogP) is 3.70. The molecule has 1 heterocycles. The SMILES string of the molecule is COc1ccc(OC)c(C2SCC(C(=O)O)N2C(=O)c2ccccc2Cl)c1. The van der Waals surface area contributed by atoms with Gasteiger partial charge in [-0.05, 0) is 30.3 Å². The van der Waals surface area contributed by atoms with Gasteiger partial charge in [0, 0.05) is 11.3 Å². The predicted molar refractivity (Wildman–Crippen MR) is 104 cm³/mol. The van der Waals surface area contributed by atoms with Crippen molar-refractivity contribution in [3.05, 3.63) is 58.6 Å². The number of thioether (sulfide) groups is 1. The molecule has 0 aromatic heterocycles. The maximum atomic E-state index is 13.2. The van der Waals surface area contributed by atoms with E-state index in [2.05, 4.69) is 0 Å². The van der Waals surface area contributed by atoms with Gasteiger partial charge in [0.2, 0.25) is 0 Å². The second-order valence-corrected chi connectivity index (χ2v) is 7.36. The Morgan fingerprint density at radius 1 is 1.19 bits per heavy atom. The maximum absolute atomic E-state index is 13.2. The van der Waals surface area contributed by atoms with Gasteiger partial charge in [-0.25, -0.2) is 4.79 Å². The normalized spacial score (nSPS) is 19.0. The average molecular weight is 408 g/mol. The summed E-state index contributed by atoms with van der Waals surface area (Å²) in [6.07, 6.45) is 0. The van der Waals surface area contributed by atoms with Gasteiger partial charge >= 0.3 is 5.97 Å². The van der Waals surface area contributed by atoms with Gasteiger partial charge in [0.05, 0.1) is 24.8 Å². The molecule has 1 aliphatic rings. The minimum absolute atomic E-state index is 0.260. The number of carbonyl (C=O) groups excluding carboxylic acids is 1. The Hall–Kier alpha value is -2.38. The fourth-order valence-corrected chi connectivity index (χ4v) is 4.64. The van der Waals surface area contributed by atoms with E-state index in [1.165, 1.54) is 23.8 Å². The second kappa shape index (κ2) is 8.10. The molecule has 142 valence electrons. The first-order valence-corrected chi connectivity index (χ1v) is 9.54. The summed E-state index contributed by atoms with van der Waals surface area (Å²) in [5.74, 6) is -0.0944. The average Bonchev–Trinajstić information content (AvgIpc) is 3.12. The molecule has 3 rings (SSSR count). The van der Waals surface area contributed by atoms with E-state index < -0.39 is 23.3 Å². The number of ether oxygens (including phenoxy) is 2. The monoisotopic (exact) mass is 407 g/mol. The lowest BCUT2D eigenvalue weighted by Crippen LogP contribution is -2.43. The van der Waals surface area contributed by atoms with Gasteiger partial charge in [-0.3, -0.25) is 4.79 Å². The number of carbonyl (C=O) groups is 2. The van der Waals surface area contributed by atoms with Crippen LogP contribution in [0.3, 0.4) is 0 Å². The van der Waals surface area contributed by atoms with E-state index in [0.717, 1.165) is 0 Å². The zero-order valence-electron chi connectivity index (χ0n) is 14.7. The Kier molecular flexibility index (Phi) is 5.82. The summed E-state index contributed by atoms with van der Waals surface area (Å²) >= 11 is 7.54. The molecule has 1 saturated heterocycles. The van der Waals surface area contributed by atoms with Crippen molar-refractivity contribution in [3.8, 4) is 11.5 Å². The topological polar surface area (TPSA) is 76.1 Å². The van der Waals surface area contributed by atoms with Crippen molar-refractivity contribution < 1.29 is 24.2 Å². The maximum Gasteiger partial charge on any atom is 0.327 e. The number of carboxylic acids is 1. The molecular weight excluding hydrogens is 390 g/mol. The number of halogens is 1. The smallest absolute Gasteiger partial charge is 0.327 e. The molecule has 0 spiro atoms. The number of amides is 1. The van der Waals surface area contributed by atoms with Crippen LogP contribution < -0.4 is 9.47 Å². The molecule has 0 saturated carbocycles. The van der Waals surface area contributed by atoms with Crippen molar-refractivity contribution in [2.24, 2.45) is 0 Å². The molecule has 1 fully saturated rings. The minimum atomic E-state index is -1.06. The number of nitrogens with zero attached hydrogens (tertiary/aromatic N) is 1. The van der Waals surface area contributed by atoms with Crippen LogP contribution in [0.1, 0.15) is 21.3 Å². The molecule has 1 aliphatic heterocycles. The standard InChI is InChI=1S/C19H18ClNO5S/c1-25-11-7-8-16(26-2)13(9-11)18-21(15(10-27-18)19(23)24)17(22)12-5-3-4-6-14(12)20/h3-9,15,18H,10H2,1-2H3,(H,23,24). The highest BCUT2D eigenvalue weighted by atomic mass is 35.5. The zero-order chi connectivity index (χ0) is 19.6. The first kappa shape index (κ1) is 19.4. The number of hydrogen-bond acceptors (Lipinski definition) is 5. The number of hydrogen-bond donors (Lipinski definition) is 1. The van der Waals surface area contributed by atoms with E-state index in [1.807, 2.05) is 0 Å². The van der Waals surface area contributed by atoms with Crippen LogP contribution in [0, 0.1) is 0 Å². The van der Waals surface area contributed by atoms with Crippen LogP contribution in [0.15, 0.2) is 42.5 Å². The van der Waals surface area contributed by atoms with Gasteiger partial charge in [-0.1, -0.05) is 23.7 Å². The molecule has 1 amide bonds. The van der Waals surface area contributed by atoms with Gasteiger partial charge in [0.15, 0.2) is 0 Å². The van der Waals surface area contributed by atoms with E-state index in [-0.39, 0.29) is 16.3 Å². The molecule has 2 aromatic rings. The Morgan fingerprint density at radius 3 is 2.56 bits per heavy atom. The van der Waals surface area contributed by atoms with E-state index in [4.69, 9.17) is 21.1 Å². The molecular formula is C19H18ClNO5S. The van der Waals surface area contributed by atoms with Crippen molar-refractivity contribution in [1.82, 2.24) is 4.90 Å². The number of methoxy groups -OCH3 is 2. The van der Waals surface area contributed by atoms with Crippen LogP contribution in [0.4, 0.5) is 0 Å². The van der Waals surface area contributed by atoms with Crippen molar-refractivity contribution >= 4 is 35.2 Å². The summed E-state index contributed by atoms with van der Waals surface area (Å²) in [6.45, 7) is 0. The van der Waals surface area contributed by atoms with Crippen LogP contribution in [0.5, 0.6) is 11.5 Å². The number of benzene rings is 2. The molecule has 27 heavy (non-hydrogen) atoms. The zero-order valence-corrected chi connectivity index (χ0v) is 16.3. The molecule has 1 N–H and O–H groups in total. The van der Waals surface area contributed by atoms with Crippen LogP contribution in [-0.4, -0.2) is 47.9 Å². The van der Waals surface area contributed by atoms with Gasteiger partial charge in [0.1, 0.15) is 22.9 Å². The number of aliphatic carboxylic acids is 1. The first-order valence-electron chi connectivity index (χ1n) is 8.11.